The molecule has 0 radical (unpaired) electrons. The van der Waals surface area contributed by atoms with Crippen LogP contribution >= 0.6 is 0 Å². The van der Waals surface area contributed by atoms with E-state index in [4.69, 9.17) is 10.2 Å². The van der Waals surface area contributed by atoms with E-state index < -0.39 is 17.9 Å². The van der Waals surface area contributed by atoms with Crippen molar-refractivity contribution in [3.8, 4) is 0 Å². The van der Waals surface area contributed by atoms with Crippen LogP contribution in [0, 0.1) is 0 Å². The predicted octanol–water partition coefficient (Wildman–Crippen LogP) is -0.171. The lowest BCUT2D eigenvalue weighted by Gasteiger charge is -2.10. The molecule has 0 aliphatic heterocycles. The van der Waals surface area contributed by atoms with Crippen molar-refractivity contribution in [1.29, 1.82) is 0 Å². The average molecular weight is 240 g/mol. The average Bonchev–Trinajstić information content (AvgIpc) is 2.81. The van der Waals surface area contributed by atoms with Crippen LogP contribution in [0.15, 0.2) is 22.8 Å². The molecule has 3 N–H and O–H groups in total. The molecule has 1 amide bonds. The first-order valence-electron chi connectivity index (χ1n) is 5.37. The second kappa shape index (κ2) is 6.70. The predicted molar refractivity (Wildman–Crippen MR) is 60.0 cm³/mol. The number of furan rings is 1. The number of nitrogens with one attached hydrogen (secondary N) is 1. The van der Waals surface area contributed by atoms with Crippen LogP contribution in [0.1, 0.15) is 12.7 Å². The molecule has 1 aromatic rings. The molecule has 0 spiro atoms. The molecule has 1 rings (SSSR count). The van der Waals surface area contributed by atoms with Gasteiger partial charge in [-0.2, -0.15) is 0 Å². The first-order chi connectivity index (χ1) is 8.15. The van der Waals surface area contributed by atoms with Crippen molar-refractivity contribution in [3.63, 3.8) is 0 Å². The lowest BCUT2D eigenvalue weighted by Crippen LogP contribution is -2.47. The number of carbonyl (C=O) groups excluding carboxylic acids is 2. The zero-order chi connectivity index (χ0) is 12.7. The van der Waals surface area contributed by atoms with Crippen LogP contribution in [0.3, 0.4) is 0 Å². The summed E-state index contributed by atoms with van der Waals surface area (Å²) in [6.07, 6.45) is 2.11. The monoisotopic (exact) mass is 240 g/mol. The van der Waals surface area contributed by atoms with Gasteiger partial charge in [0.1, 0.15) is 5.76 Å². The van der Waals surface area contributed by atoms with Crippen molar-refractivity contribution in [2.75, 3.05) is 13.2 Å². The standard InChI is InChI=1S/C11H16N2O4/c1-2-16-11(15)9(12)10(14)13-6-5-8-4-3-7-17-8/h3-4,7,9H,2,5-6,12H2,1H3,(H,13,14). The van der Waals surface area contributed by atoms with Crippen molar-refractivity contribution < 1.29 is 18.7 Å². The van der Waals surface area contributed by atoms with E-state index in [1.54, 1.807) is 25.3 Å². The van der Waals surface area contributed by atoms with Crippen LogP contribution in [0.2, 0.25) is 0 Å². The number of amides is 1. The van der Waals surface area contributed by atoms with Crippen LogP contribution in [0.5, 0.6) is 0 Å². The van der Waals surface area contributed by atoms with Gasteiger partial charge in [-0.15, -0.1) is 0 Å². The molecular weight excluding hydrogens is 224 g/mol. The third-order valence-electron chi connectivity index (χ3n) is 2.07. The molecule has 0 aromatic carbocycles. The minimum atomic E-state index is -1.27. The highest BCUT2D eigenvalue weighted by atomic mass is 16.5. The summed E-state index contributed by atoms with van der Waals surface area (Å²) in [5.41, 5.74) is 5.40. The number of hydrogen-bond donors (Lipinski definition) is 2. The van der Waals surface area contributed by atoms with Gasteiger partial charge in [0.15, 0.2) is 6.04 Å². The second-order valence-corrected chi connectivity index (χ2v) is 3.35. The van der Waals surface area contributed by atoms with Gasteiger partial charge in [-0.05, 0) is 19.1 Å². The summed E-state index contributed by atoms with van der Waals surface area (Å²) >= 11 is 0. The molecule has 0 fully saturated rings. The molecule has 17 heavy (non-hydrogen) atoms. The molecule has 1 aromatic heterocycles. The van der Waals surface area contributed by atoms with Gasteiger partial charge in [0.25, 0.3) is 0 Å². The molecule has 1 heterocycles. The van der Waals surface area contributed by atoms with E-state index in [1.165, 1.54) is 0 Å². The Morgan fingerprint density at radius 3 is 2.94 bits per heavy atom. The minimum Gasteiger partial charge on any atom is -0.469 e. The fourth-order valence-corrected chi connectivity index (χ4v) is 1.21. The summed E-state index contributed by atoms with van der Waals surface area (Å²) < 4.78 is 9.72. The zero-order valence-electron chi connectivity index (χ0n) is 9.64. The Balaban J connectivity index is 2.27. The maximum atomic E-state index is 11.4. The van der Waals surface area contributed by atoms with Gasteiger partial charge in [0, 0.05) is 13.0 Å². The van der Waals surface area contributed by atoms with Gasteiger partial charge < -0.3 is 20.2 Å². The molecule has 6 nitrogen and oxygen atoms in total. The van der Waals surface area contributed by atoms with E-state index in [-0.39, 0.29) is 6.61 Å². The Morgan fingerprint density at radius 1 is 1.59 bits per heavy atom. The fourth-order valence-electron chi connectivity index (χ4n) is 1.21. The second-order valence-electron chi connectivity index (χ2n) is 3.35. The molecular formula is C11H16N2O4. The molecule has 0 saturated heterocycles. The molecule has 0 aliphatic carbocycles. The van der Waals surface area contributed by atoms with Crippen LogP contribution < -0.4 is 11.1 Å². The van der Waals surface area contributed by atoms with Gasteiger partial charge in [-0.1, -0.05) is 0 Å². The quantitative estimate of drug-likeness (QED) is 0.531. The number of carbonyl (C=O) groups is 2. The Kier molecular flexibility index (Phi) is 5.22. The van der Waals surface area contributed by atoms with Gasteiger partial charge in [-0.25, -0.2) is 4.79 Å². The molecule has 94 valence electrons. The topological polar surface area (TPSA) is 94.6 Å². The van der Waals surface area contributed by atoms with E-state index >= 15 is 0 Å². The van der Waals surface area contributed by atoms with E-state index in [0.717, 1.165) is 5.76 Å². The number of nitrogens with two attached hydrogens (primary N) is 1. The van der Waals surface area contributed by atoms with Crippen molar-refractivity contribution in [1.82, 2.24) is 5.32 Å². The highest BCUT2D eigenvalue weighted by Gasteiger charge is 2.22. The first kappa shape index (κ1) is 13.2. The van der Waals surface area contributed by atoms with Gasteiger partial charge >= 0.3 is 5.97 Å². The summed E-state index contributed by atoms with van der Waals surface area (Å²) in [7, 11) is 0. The van der Waals surface area contributed by atoms with Crippen molar-refractivity contribution in [2.24, 2.45) is 5.73 Å². The van der Waals surface area contributed by atoms with Gasteiger partial charge in [0.2, 0.25) is 5.91 Å². The van der Waals surface area contributed by atoms with Crippen molar-refractivity contribution >= 4 is 11.9 Å². The fraction of sp³-hybridized carbons (Fsp3) is 0.455. The largest absolute Gasteiger partial charge is 0.469 e. The first-order valence-corrected chi connectivity index (χ1v) is 5.37. The molecule has 0 aliphatic rings. The Bertz CT molecular complexity index is 362. The normalized spacial score (nSPS) is 11.9. The number of ether oxygens (including phenoxy) is 1. The number of hydrogen-bond acceptors (Lipinski definition) is 5. The highest BCUT2D eigenvalue weighted by molar-refractivity contribution is 6.01. The summed E-state index contributed by atoms with van der Waals surface area (Å²) in [6.45, 7) is 2.21. The van der Waals surface area contributed by atoms with Crippen LogP contribution in [-0.4, -0.2) is 31.1 Å². The van der Waals surface area contributed by atoms with E-state index in [2.05, 4.69) is 10.1 Å². The van der Waals surface area contributed by atoms with Crippen molar-refractivity contribution in [3.05, 3.63) is 24.2 Å². The highest BCUT2D eigenvalue weighted by Crippen LogP contribution is 1.99. The lowest BCUT2D eigenvalue weighted by atomic mass is 10.2. The number of rotatable bonds is 6. The summed E-state index contributed by atoms with van der Waals surface area (Å²) in [5.74, 6) is -0.506. The maximum Gasteiger partial charge on any atom is 0.332 e. The van der Waals surface area contributed by atoms with Crippen LogP contribution in [0.4, 0.5) is 0 Å². The van der Waals surface area contributed by atoms with E-state index in [0.29, 0.717) is 13.0 Å². The van der Waals surface area contributed by atoms with Gasteiger partial charge in [0.05, 0.1) is 12.9 Å². The molecule has 1 unspecified atom stereocenters. The summed E-state index contributed by atoms with van der Waals surface area (Å²) in [4.78, 5) is 22.6. The minimum absolute atomic E-state index is 0.201. The maximum absolute atomic E-state index is 11.4. The molecule has 1 atom stereocenters. The zero-order valence-corrected chi connectivity index (χ0v) is 9.64. The lowest BCUT2D eigenvalue weighted by molar-refractivity contribution is -0.147. The van der Waals surface area contributed by atoms with Crippen LogP contribution in [0.25, 0.3) is 0 Å². The SMILES string of the molecule is CCOC(=O)C(N)C(=O)NCCc1ccco1. The van der Waals surface area contributed by atoms with E-state index in [1.807, 2.05) is 0 Å². The Labute approximate surface area is 99.1 Å². The molecule has 0 bridgehead atoms. The Hall–Kier alpha value is -1.82. The molecule has 6 heteroatoms. The van der Waals surface area contributed by atoms with Crippen molar-refractivity contribution in [2.45, 2.75) is 19.4 Å². The van der Waals surface area contributed by atoms with Crippen LogP contribution in [-0.2, 0) is 20.7 Å². The smallest absolute Gasteiger partial charge is 0.332 e. The van der Waals surface area contributed by atoms with E-state index in [9.17, 15) is 9.59 Å². The summed E-state index contributed by atoms with van der Waals surface area (Å²) in [6, 6.07) is 2.30. The summed E-state index contributed by atoms with van der Waals surface area (Å²) in [5, 5.41) is 2.54. The molecule has 0 saturated carbocycles. The van der Waals surface area contributed by atoms with Gasteiger partial charge in [-0.3, -0.25) is 4.79 Å². The third kappa shape index (κ3) is 4.28. The Morgan fingerprint density at radius 2 is 2.35 bits per heavy atom. The number of esters is 1. The third-order valence-corrected chi connectivity index (χ3v) is 2.07.